The monoisotopic (exact) mass is 279 g/mol. The van der Waals surface area contributed by atoms with Crippen molar-refractivity contribution in [3.8, 4) is 11.8 Å². The predicted molar refractivity (Wildman–Crippen MR) is 74.2 cm³/mol. The molecular formula is C14H17NO3S. The Morgan fingerprint density at radius 1 is 1.42 bits per heavy atom. The number of thiophene rings is 1. The van der Waals surface area contributed by atoms with Crippen molar-refractivity contribution in [3.05, 3.63) is 21.9 Å². The van der Waals surface area contributed by atoms with Gasteiger partial charge in [-0.1, -0.05) is 11.8 Å². The topological polar surface area (TPSA) is 49.8 Å². The lowest BCUT2D eigenvalue weighted by molar-refractivity contribution is 0.0746. The maximum Gasteiger partial charge on any atom is 0.264 e. The molecule has 102 valence electrons. The molecule has 0 unspecified atom stereocenters. The smallest absolute Gasteiger partial charge is 0.264 e. The molecule has 4 nitrogen and oxygen atoms in total. The Bertz CT molecular complexity index is 478. The summed E-state index contributed by atoms with van der Waals surface area (Å²) in [5.74, 6) is 5.87. The lowest BCUT2D eigenvalue weighted by Gasteiger charge is -2.18. The molecule has 5 heteroatoms. The minimum Gasteiger partial charge on any atom is -0.395 e. The highest BCUT2D eigenvalue weighted by Gasteiger charge is 2.18. The maximum atomic E-state index is 12.3. The summed E-state index contributed by atoms with van der Waals surface area (Å²) in [7, 11) is 0. The van der Waals surface area contributed by atoms with E-state index in [4.69, 9.17) is 9.84 Å². The first-order valence-electron chi connectivity index (χ1n) is 6.38. The number of aliphatic hydroxyl groups is 1. The molecule has 1 aromatic heterocycles. The van der Waals surface area contributed by atoms with Gasteiger partial charge in [-0.05, 0) is 18.6 Å². The van der Waals surface area contributed by atoms with Crippen LogP contribution in [0.3, 0.4) is 0 Å². The van der Waals surface area contributed by atoms with E-state index >= 15 is 0 Å². The third-order valence-electron chi connectivity index (χ3n) is 2.77. The summed E-state index contributed by atoms with van der Waals surface area (Å²) in [6.45, 7) is 2.81. The molecule has 0 atom stereocenters. The van der Waals surface area contributed by atoms with Crippen molar-refractivity contribution < 1.29 is 14.6 Å². The lowest BCUT2D eigenvalue weighted by atomic mass is 10.3. The van der Waals surface area contributed by atoms with E-state index in [9.17, 15) is 4.79 Å². The first-order chi connectivity index (χ1) is 9.31. The van der Waals surface area contributed by atoms with Crippen LogP contribution in [0.1, 0.15) is 27.4 Å². The van der Waals surface area contributed by atoms with Gasteiger partial charge in [-0.15, -0.1) is 11.3 Å². The summed E-state index contributed by atoms with van der Waals surface area (Å²) in [5.41, 5.74) is 0. The molecule has 1 N–H and O–H groups in total. The molecule has 1 fully saturated rings. The summed E-state index contributed by atoms with van der Waals surface area (Å²) >= 11 is 1.40. The summed E-state index contributed by atoms with van der Waals surface area (Å²) < 4.78 is 5.34. The zero-order valence-corrected chi connectivity index (χ0v) is 11.5. The summed E-state index contributed by atoms with van der Waals surface area (Å²) in [5, 5.41) is 8.66. The van der Waals surface area contributed by atoms with Gasteiger partial charge in [-0.2, -0.15) is 0 Å². The first kappa shape index (κ1) is 14.1. The summed E-state index contributed by atoms with van der Waals surface area (Å²) in [6.07, 6.45) is 1.35. The third-order valence-corrected chi connectivity index (χ3v) is 3.76. The van der Waals surface area contributed by atoms with Crippen molar-refractivity contribution >= 4 is 17.2 Å². The van der Waals surface area contributed by atoms with Crippen molar-refractivity contribution in [3.63, 3.8) is 0 Å². The second kappa shape index (κ2) is 7.29. The predicted octanol–water partition coefficient (Wildman–Crippen LogP) is 1.34. The number of rotatable bonds is 2. The molecule has 1 aliphatic heterocycles. The second-order valence-electron chi connectivity index (χ2n) is 4.20. The van der Waals surface area contributed by atoms with Crippen molar-refractivity contribution in [1.29, 1.82) is 0 Å². The molecule has 1 saturated heterocycles. The van der Waals surface area contributed by atoms with Gasteiger partial charge in [0, 0.05) is 26.1 Å². The van der Waals surface area contributed by atoms with E-state index in [0.717, 1.165) is 29.3 Å². The van der Waals surface area contributed by atoms with Crippen LogP contribution in [0.2, 0.25) is 0 Å². The van der Waals surface area contributed by atoms with E-state index in [2.05, 4.69) is 11.8 Å². The maximum absolute atomic E-state index is 12.3. The zero-order chi connectivity index (χ0) is 13.5. The Hall–Kier alpha value is -1.35. The quantitative estimate of drug-likeness (QED) is 0.831. The molecule has 1 amide bonds. The lowest BCUT2D eigenvalue weighted by Crippen LogP contribution is -2.32. The minimum absolute atomic E-state index is 0.0608. The van der Waals surface area contributed by atoms with Crippen molar-refractivity contribution in [1.82, 2.24) is 4.90 Å². The number of ether oxygens (including phenoxy) is 1. The number of carbonyl (C=O) groups is 1. The van der Waals surface area contributed by atoms with Crippen LogP contribution >= 0.6 is 11.3 Å². The van der Waals surface area contributed by atoms with Crippen LogP contribution in [-0.2, 0) is 4.74 Å². The van der Waals surface area contributed by atoms with Gasteiger partial charge in [-0.3, -0.25) is 4.79 Å². The molecular weight excluding hydrogens is 262 g/mol. The largest absolute Gasteiger partial charge is 0.395 e. The number of aliphatic hydroxyl groups excluding tert-OH is 1. The zero-order valence-electron chi connectivity index (χ0n) is 10.7. The van der Waals surface area contributed by atoms with Gasteiger partial charge in [0.15, 0.2) is 0 Å². The Morgan fingerprint density at radius 2 is 2.32 bits per heavy atom. The van der Waals surface area contributed by atoms with Crippen LogP contribution in [-0.4, -0.2) is 48.8 Å². The minimum atomic E-state index is 0.0608. The van der Waals surface area contributed by atoms with Crippen LogP contribution in [0.4, 0.5) is 0 Å². The highest BCUT2D eigenvalue weighted by atomic mass is 32.1. The first-order valence-corrected chi connectivity index (χ1v) is 7.19. The highest BCUT2D eigenvalue weighted by Crippen LogP contribution is 2.18. The highest BCUT2D eigenvalue weighted by molar-refractivity contribution is 7.14. The van der Waals surface area contributed by atoms with Crippen LogP contribution < -0.4 is 0 Å². The third kappa shape index (κ3) is 4.06. The number of amides is 1. The molecule has 1 aliphatic rings. The Morgan fingerprint density at radius 3 is 3.16 bits per heavy atom. The van der Waals surface area contributed by atoms with Gasteiger partial charge in [0.1, 0.15) is 0 Å². The van der Waals surface area contributed by atoms with E-state index in [1.165, 1.54) is 11.3 Å². The molecule has 2 rings (SSSR count). The summed E-state index contributed by atoms with van der Waals surface area (Å²) in [4.78, 5) is 15.7. The average Bonchev–Trinajstić information content (AvgIpc) is 2.72. The standard InChI is InChI=1S/C14H17NO3S/c16-9-2-1-4-12-5-6-13(19-12)14(17)15-7-3-10-18-11-8-15/h5-6,16H,2-3,7-11H2. The molecule has 1 aromatic rings. The Labute approximate surface area is 117 Å². The molecule has 0 spiro atoms. The number of nitrogens with zero attached hydrogens (tertiary/aromatic N) is 1. The Kier molecular flexibility index (Phi) is 5.40. The second-order valence-corrected chi connectivity index (χ2v) is 5.28. The molecule has 0 aromatic carbocycles. The van der Waals surface area contributed by atoms with Gasteiger partial charge in [0.25, 0.3) is 5.91 Å². The Balaban J connectivity index is 2.01. The van der Waals surface area contributed by atoms with Crippen LogP contribution in [0.15, 0.2) is 12.1 Å². The van der Waals surface area contributed by atoms with Gasteiger partial charge in [-0.25, -0.2) is 0 Å². The van der Waals surface area contributed by atoms with Gasteiger partial charge >= 0.3 is 0 Å². The molecule has 0 radical (unpaired) electrons. The normalized spacial score (nSPS) is 15.5. The van der Waals surface area contributed by atoms with E-state index in [1.54, 1.807) is 0 Å². The van der Waals surface area contributed by atoms with Crippen molar-refractivity contribution in [2.24, 2.45) is 0 Å². The van der Waals surface area contributed by atoms with Gasteiger partial charge in [0.05, 0.1) is 23.0 Å². The van der Waals surface area contributed by atoms with E-state index in [1.807, 2.05) is 17.0 Å². The molecule has 0 bridgehead atoms. The fourth-order valence-corrected chi connectivity index (χ4v) is 2.68. The van der Waals surface area contributed by atoms with Crippen LogP contribution in [0, 0.1) is 11.8 Å². The molecule has 19 heavy (non-hydrogen) atoms. The molecule has 0 saturated carbocycles. The van der Waals surface area contributed by atoms with Gasteiger partial charge < -0.3 is 14.7 Å². The van der Waals surface area contributed by atoms with Crippen molar-refractivity contribution in [2.75, 3.05) is 32.9 Å². The van der Waals surface area contributed by atoms with Gasteiger partial charge in [0.2, 0.25) is 0 Å². The molecule has 0 aliphatic carbocycles. The van der Waals surface area contributed by atoms with Crippen LogP contribution in [0.25, 0.3) is 0 Å². The van der Waals surface area contributed by atoms with E-state index in [-0.39, 0.29) is 12.5 Å². The number of carbonyl (C=O) groups excluding carboxylic acids is 1. The molecule has 2 heterocycles. The van der Waals surface area contributed by atoms with Crippen molar-refractivity contribution in [2.45, 2.75) is 12.8 Å². The fraction of sp³-hybridized carbons (Fsp3) is 0.500. The van der Waals surface area contributed by atoms with E-state index < -0.39 is 0 Å². The van der Waals surface area contributed by atoms with Crippen LogP contribution in [0.5, 0.6) is 0 Å². The van der Waals surface area contributed by atoms with E-state index in [0.29, 0.717) is 19.6 Å². The average molecular weight is 279 g/mol. The number of hydrogen-bond acceptors (Lipinski definition) is 4. The fourth-order valence-electron chi connectivity index (χ4n) is 1.83. The number of hydrogen-bond donors (Lipinski definition) is 1. The summed E-state index contributed by atoms with van der Waals surface area (Å²) in [6, 6.07) is 3.68. The SMILES string of the molecule is O=C(c1ccc(C#CCCO)s1)N1CCCOCC1.